The molecule has 3 aromatic heterocycles. The number of pyridine rings is 1. The summed E-state index contributed by atoms with van der Waals surface area (Å²) in [4.78, 5) is 5.09. The van der Waals surface area contributed by atoms with E-state index in [0.717, 1.165) is 25.1 Å². The minimum atomic E-state index is -0.0893. The first-order chi connectivity index (χ1) is 11.7. The van der Waals surface area contributed by atoms with Crippen molar-refractivity contribution in [1.82, 2.24) is 20.4 Å². The van der Waals surface area contributed by atoms with E-state index in [1.807, 2.05) is 12.1 Å². The molecule has 9 heteroatoms. The predicted octanol–water partition coefficient (Wildman–Crippen LogP) is 2.11. The summed E-state index contributed by atoms with van der Waals surface area (Å²) in [6.07, 6.45) is 4.75. The van der Waals surface area contributed by atoms with Gasteiger partial charge in [0.25, 0.3) is 0 Å². The molecular weight excluding hydrogens is 392 g/mol. The standard InChI is InChI=1S/C15H17BrN6OS/c16-12-11(7-10(17)3-6-23)24-14-13(12)20-22-21-15(14)19-8-9-1-4-18-5-2-9/h1-2,4-5,10,23H,3,6-8,17H2,(H,19,20,21)/t10-/m0/s1. The molecule has 0 aliphatic carbocycles. The lowest BCUT2D eigenvalue weighted by Crippen LogP contribution is -2.23. The van der Waals surface area contributed by atoms with Crippen LogP contribution in [0.25, 0.3) is 10.2 Å². The summed E-state index contributed by atoms with van der Waals surface area (Å²) in [5.41, 5.74) is 7.92. The number of aliphatic hydroxyl groups is 1. The summed E-state index contributed by atoms with van der Waals surface area (Å²) in [6.45, 7) is 0.717. The molecule has 0 amide bonds. The second-order valence-electron chi connectivity index (χ2n) is 5.34. The molecule has 0 aliphatic heterocycles. The van der Waals surface area contributed by atoms with Crippen LogP contribution in [0, 0.1) is 0 Å². The van der Waals surface area contributed by atoms with Crippen molar-refractivity contribution in [2.75, 3.05) is 11.9 Å². The van der Waals surface area contributed by atoms with Crippen molar-refractivity contribution in [2.45, 2.75) is 25.4 Å². The summed E-state index contributed by atoms with van der Waals surface area (Å²) in [5, 5.41) is 24.4. The third kappa shape index (κ3) is 3.86. The van der Waals surface area contributed by atoms with Gasteiger partial charge in [0.2, 0.25) is 0 Å². The Morgan fingerprint density at radius 2 is 2.08 bits per heavy atom. The van der Waals surface area contributed by atoms with E-state index in [1.54, 1.807) is 23.7 Å². The van der Waals surface area contributed by atoms with Gasteiger partial charge in [0.15, 0.2) is 5.82 Å². The van der Waals surface area contributed by atoms with E-state index in [-0.39, 0.29) is 12.6 Å². The Hall–Kier alpha value is -1.68. The van der Waals surface area contributed by atoms with Crippen LogP contribution in [-0.4, -0.2) is 38.1 Å². The van der Waals surface area contributed by atoms with E-state index in [2.05, 4.69) is 41.6 Å². The topological polar surface area (TPSA) is 110 Å². The second-order valence-corrected chi connectivity index (χ2v) is 7.24. The van der Waals surface area contributed by atoms with Crippen LogP contribution < -0.4 is 11.1 Å². The Morgan fingerprint density at radius 1 is 1.29 bits per heavy atom. The number of nitrogens with two attached hydrogens (primary N) is 1. The van der Waals surface area contributed by atoms with E-state index in [9.17, 15) is 0 Å². The van der Waals surface area contributed by atoms with Crippen molar-refractivity contribution in [2.24, 2.45) is 5.73 Å². The van der Waals surface area contributed by atoms with Crippen LogP contribution in [0.4, 0.5) is 5.82 Å². The molecule has 0 aliphatic rings. The number of hydrogen-bond donors (Lipinski definition) is 3. The van der Waals surface area contributed by atoms with Gasteiger partial charge in [0, 0.05) is 36.5 Å². The molecule has 126 valence electrons. The Kier molecular flexibility index (Phi) is 5.67. The molecule has 3 rings (SSSR count). The molecule has 0 fully saturated rings. The maximum absolute atomic E-state index is 9.01. The van der Waals surface area contributed by atoms with Crippen molar-refractivity contribution in [3.05, 3.63) is 39.4 Å². The first-order valence-corrected chi connectivity index (χ1v) is 9.09. The Bertz CT molecular complexity index is 812. The SMILES string of the molecule is N[C@@H](CCO)Cc1sc2c(NCc3ccncc3)nnnc2c1Br. The van der Waals surface area contributed by atoms with Crippen LogP contribution in [0.3, 0.4) is 0 Å². The number of nitrogens with one attached hydrogen (secondary N) is 1. The zero-order valence-corrected chi connectivity index (χ0v) is 15.2. The maximum Gasteiger partial charge on any atom is 0.170 e. The van der Waals surface area contributed by atoms with Crippen molar-refractivity contribution >= 4 is 43.3 Å². The molecule has 4 N–H and O–H groups in total. The number of nitrogens with zero attached hydrogens (tertiary/aromatic N) is 4. The van der Waals surface area contributed by atoms with Gasteiger partial charge < -0.3 is 16.2 Å². The van der Waals surface area contributed by atoms with Gasteiger partial charge in [-0.25, -0.2) is 0 Å². The number of halogens is 1. The highest BCUT2D eigenvalue weighted by molar-refractivity contribution is 9.10. The quantitative estimate of drug-likeness (QED) is 0.548. The van der Waals surface area contributed by atoms with Crippen molar-refractivity contribution in [1.29, 1.82) is 0 Å². The Labute approximate surface area is 151 Å². The zero-order chi connectivity index (χ0) is 16.9. The van der Waals surface area contributed by atoms with Gasteiger partial charge in [-0.3, -0.25) is 4.98 Å². The lowest BCUT2D eigenvalue weighted by atomic mass is 10.1. The average molecular weight is 409 g/mol. The highest BCUT2D eigenvalue weighted by Gasteiger charge is 2.17. The van der Waals surface area contributed by atoms with E-state index < -0.39 is 0 Å². The monoisotopic (exact) mass is 408 g/mol. The third-order valence-electron chi connectivity index (χ3n) is 3.55. The van der Waals surface area contributed by atoms with Gasteiger partial charge in [-0.05, 0) is 51.7 Å². The molecule has 0 aromatic carbocycles. The second kappa shape index (κ2) is 7.93. The zero-order valence-electron chi connectivity index (χ0n) is 12.8. The smallest absolute Gasteiger partial charge is 0.170 e. The number of hydrogen-bond acceptors (Lipinski definition) is 8. The largest absolute Gasteiger partial charge is 0.396 e. The predicted molar refractivity (Wildman–Crippen MR) is 97.9 cm³/mol. The van der Waals surface area contributed by atoms with Gasteiger partial charge in [0.05, 0.1) is 4.47 Å². The summed E-state index contributed by atoms with van der Waals surface area (Å²) in [7, 11) is 0. The molecular formula is C15H17BrN6OS. The van der Waals surface area contributed by atoms with Crippen LogP contribution in [0.2, 0.25) is 0 Å². The van der Waals surface area contributed by atoms with Crippen LogP contribution in [0.1, 0.15) is 16.9 Å². The van der Waals surface area contributed by atoms with Gasteiger partial charge in [-0.1, -0.05) is 0 Å². The highest BCUT2D eigenvalue weighted by atomic mass is 79.9. The molecule has 1 atom stereocenters. The molecule has 0 spiro atoms. The highest BCUT2D eigenvalue weighted by Crippen LogP contribution is 2.37. The summed E-state index contributed by atoms with van der Waals surface area (Å²) >= 11 is 5.18. The molecule has 0 unspecified atom stereocenters. The first-order valence-electron chi connectivity index (χ1n) is 7.48. The van der Waals surface area contributed by atoms with Crippen molar-refractivity contribution in [3.8, 4) is 0 Å². The van der Waals surface area contributed by atoms with Gasteiger partial charge >= 0.3 is 0 Å². The number of anilines is 1. The molecule has 0 bridgehead atoms. The molecule has 7 nitrogen and oxygen atoms in total. The molecule has 0 saturated carbocycles. The maximum atomic E-state index is 9.01. The van der Waals surface area contributed by atoms with E-state index >= 15 is 0 Å². The summed E-state index contributed by atoms with van der Waals surface area (Å²) in [5.74, 6) is 0.699. The van der Waals surface area contributed by atoms with Gasteiger partial charge in [0.1, 0.15) is 10.2 Å². The number of fused-ring (bicyclic) bond motifs is 1. The van der Waals surface area contributed by atoms with Crippen LogP contribution in [0.15, 0.2) is 29.0 Å². The normalized spacial score (nSPS) is 12.5. The molecule has 24 heavy (non-hydrogen) atoms. The van der Waals surface area contributed by atoms with Gasteiger partial charge in [-0.2, -0.15) is 0 Å². The van der Waals surface area contributed by atoms with Crippen LogP contribution >= 0.6 is 27.3 Å². The van der Waals surface area contributed by atoms with Gasteiger partial charge in [-0.15, -0.1) is 21.5 Å². The number of aromatic nitrogens is 4. The van der Waals surface area contributed by atoms with E-state index in [0.29, 0.717) is 25.2 Å². The number of aliphatic hydroxyl groups excluding tert-OH is 1. The first kappa shape index (κ1) is 17.2. The minimum Gasteiger partial charge on any atom is -0.396 e. The fourth-order valence-electron chi connectivity index (χ4n) is 2.29. The molecule has 0 saturated heterocycles. The van der Waals surface area contributed by atoms with Crippen molar-refractivity contribution < 1.29 is 5.11 Å². The summed E-state index contributed by atoms with van der Waals surface area (Å²) < 4.78 is 1.84. The fraction of sp³-hybridized carbons (Fsp3) is 0.333. The van der Waals surface area contributed by atoms with E-state index in [4.69, 9.17) is 10.8 Å². The number of thiophene rings is 1. The Morgan fingerprint density at radius 3 is 2.83 bits per heavy atom. The van der Waals surface area contributed by atoms with E-state index in [1.165, 1.54) is 0 Å². The Balaban J connectivity index is 1.84. The fourth-order valence-corrected chi connectivity index (χ4v) is 4.29. The third-order valence-corrected chi connectivity index (χ3v) is 5.88. The molecule has 0 radical (unpaired) electrons. The lowest BCUT2D eigenvalue weighted by molar-refractivity contribution is 0.275. The number of rotatable bonds is 7. The van der Waals surface area contributed by atoms with Crippen LogP contribution in [0.5, 0.6) is 0 Å². The molecule has 3 aromatic rings. The average Bonchev–Trinajstić information content (AvgIpc) is 2.91. The van der Waals surface area contributed by atoms with Crippen molar-refractivity contribution in [3.63, 3.8) is 0 Å². The van der Waals surface area contributed by atoms with Crippen LogP contribution in [-0.2, 0) is 13.0 Å². The minimum absolute atomic E-state index is 0.0871. The lowest BCUT2D eigenvalue weighted by Gasteiger charge is -2.07. The molecule has 3 heterocycles. The summed E-state index contributed by atoms with van der Waals surface area (Å²) in [6, 6.07) is 3.80.